The van der Waals surface area contributed by atoms with Crippen molar-refractivity contribution in [2.24, 2.45) is 11.8 Å². The minimum atomic E-state index is 0.229. The number of thiophene rings is 1. The van der Waals surface area contributed by atoms with Crippen LogP contribution in [0.15, 0.2) is 6.07 Å². The normalized spacial score (nSPS) is 15.1. The zero-order valence-electron chi connectivity index (χ0n) is 10.5. The number of hydrogen-bond donors (Lipinski definition) is 2. The quantitative estimate of drug-likeness (QED) is 0.595. The standard InChI is InChI=1S/C12H22N2OS/c1-8(5-6-15-4)12(14-13)11-7-9(2)10(3)16-11/h7-8,12,14H,5-6,13H2,1-4H3. The molecule has 92 valence electrons. The predicted molar refractivity (Wildman–Crippen MR) is 69.5 cm³/mol. The van der Waals surface area contributed by atoms with E-state index in [-0.39, 0.29) is 6.04 Å². The van der Waals surface area contributed by atoms with Gasteiger partial charge in [-0.1, -0.05) is 6.92 Å². The van der Waals surface area contributed by atoms with E-state index in [9.17, 15) is 0 Å². The number of methoxy groups -OCH3 is 1. The maximum Gasteiger partial charge on any atom is 0.0579 e. The van der Waals surface area contributed by atoms with Gasteiger partial charge in [0.15, 0.2) is 0 Å². The fourth-order valence-electron chi connectivity index (χ4n) is 1.75. The van der Waals surface area contributed by atoms with Crippen LogP contribution < -0.4 is 11.3 Å². The summed E-state index contributed by atoms with van der Waals surface area (Å²) < 4.78 is 5.11. The van der Waals surface area contributed by atoms with E-state index in [4.69, 9.17) is 10.6 Å². The second-order valence-corrected chi connectivity index (χ2v) is 5.58. The van der Waals surface area contributed by atoms with E-state index in [2.05, 4.69) is 32.3 Å². The number of nitrogens with two attached hydrogens (primary N) is 1. The van der Waals surface area contributed by atoms with Gasteiger partial charge in [0.2, 0.25) is 0 Å². The van der Waals surface area contributed by atoms with Crippen molar-refractivity contribution in [3.8, 4) is 0 Å². The van der Waals surface area contributed by atoms with Gasteiger partial charge in [0, 0.05) is 23.5 Å². The summed E-state index contributed by atoms with van der Waals surface area (Å²) in [6, 6.07) is 2.46. The summed E-state index contributed by atoms with van der Waals surface area (Å²) >= 11 is 1.83. The number of nitrogens with one attached hydrogen (secondary N) is 1. The molecule has 0 saturated carbocycles. The molecule has 0 fully saturated rings. The van der Waals surface area contributed by atoms with Gasteiger partial charge in [0.05, 0.1) is 6.04 Å². The van der Waals surface area contributed by atoms with Crippen LogP contribution in [-0.2, 0) is 4.74 Å². The molecule has 0 amide bonds. The molecule has 16 heavy (non-hydrogen) atoms. The molecule has 0 aliphatic carbocycles. The molecular formula is C12H22N2OS. The summed E-state index contributed by atoms with van der Waals surface area (Å²) in [5, 5.41) is 0. The molecule has 0 radical (unpaired) electrons. The van der Waals surface area contributed by atoms with E-state index < -0.39 is 0 Å². The summed E-state index contributed by atoms with van der Waals surface area (Å²) in [4.78, 5) is 2.69. The molecule has 1 aromatic rings. The second kappa shape index (κ2) is 6.35. The maximum absolute atomic E-state index is 5.65. The Bertz CT molecular complexity index is 305. The Morgan fingerprint density at radius 2 is 2.19 bits per heavy atom. The second-order valence-electron chi connectivity index (χ2n) is 4.29. The molecule has 0 aliphatic heterocycles. The van der Waals surface area contributed by atoms with Crippen LogP contribution in [0.2, 0.25) is 0 Å². The van der Waals surface area contributed by atoms with Crippen molar-refractivity contribution in [1.29, 1.82) is 0 Å². The van der Waals surface area contributed by atoms with Crippen LogP contribution in [0.25, 0.3) is 0 Å². The van der Waals surface area contributed by atoms with Crippen molar-refractivity contribution in [2.75, 3.05) is 13.7 Å². The van der Waals surface area contributed by atoms with Crippen molar-refractivity contribution in [2.45, 2.75) is 33.2 Å². The van der Waals surface area contributed by atoms with Crippen molar-refractivity contribution < 1.29 is 4.74 Å². The van der Waals surface area contributed by atoms with Gasteiger partial charge >= 0.3 is 0 Å². The number of rotatable bonds is 6. The molecular weight excluding hydrogens is 220 g/mol. The van der Waals surface area contributed by atoms with Crippen LogP contribution >= 0.6 is 11.3 Å². The van der Waals surface area contributed by atoms with E-state index in [1.807, 2.05) is 11.3 Å². The van der Waals surface area contributed by atoms with Crippen LogP contribution in [0.1, 0.15) is 34.7 Å². The molecule has 0 saturated heterocycles. The van der Waals surface area contributed by atoms with Crippen molar-refractivity contribution in [3.05, 3.63) is 21.4 Å². The lowest BCUT2D eigenvalue weighted by atomic mass is 9.97. The molecule has 1 heterocycles. The van der Waals surface area contributed by atoms with Gasteiger partial charge in [-0.25, -0.2) is 0 Å². The molecule has 2 atom stereocenters. The highest BCUT2D eigenvalue weighted by Gasteiger charge is 2.20. The molecule has 3 N–H and O–H groups in total. The van der Waals surface area contributed by atoms with Gasteiger partial charge < -0.3 is 4.74 Å². The molecule has 4 heteroatoms. The van der Waals surface area contributed by atoms with E-state index in [0.717, 1.165) is 13.0 Å². The monoisotopic (exact) mass is 242 g/mol. The van der Waals surface area contributed by atoms with Gasteiger partial charge in [-0.15, -0.1) is 11.3 Å². The van der Waals surface area contributed by atoms with Gasteiger partial charge in [0.25, 0.3) is 0 Å². The third-order valence-electron chi connectivity index (χ3n) is 3.02. The van der Waals surface area contributed by atoms with E-state index >= 15 is 0 Å². The number of aryl methyl sites for hydroxylation is 2. The van der Waals surface area contributed by atoms with E-state index in [0.29, 0.717) is 5.92 Å². The van der Waals surface area contributed by atoms with Gasteiger partial charge in [-0.2, -0.15) is 0 Å². The summed E-state index contributed by atoms with van der Waals surface area (Å²) in [6.07, 6.45) is 1.02. The van der Waals surface area contributed by atoms with Crippen LogP contribution in [0.5, 0.6) is 0 Å². The number of hydrogen-bond acceptors (Lipinski definition) is 4. The van der Waals surface area contributed by atoms with E-state index in [1.165, 1.54) is 15.3 Å². The Kier molecular flexibility index (Phi) is 5.41. The minimum absolute atomic E-state index is 0.229. The number of hydrazine groups is 1. The van der Waals surface area contributed by atoms with Crippen molar-refractivity contribution in [3.63, 3.8) is 0 Å². The Labute approximate surface area is 102 Å². The fourth-order valence-corrected chi connectivity index (χ4v) is 2.99. The third kappa shape index (κ3) is 3.28. The Morgan fingerprint density at radius 1 is 1.50 bits per heavy atom. The highest BCUT2D eigenvalue weighted by atomic mass is 32.1. The Balaban J connectivity index is 2.73. The lowest BCUT2D eigenvalue weighted by molar-refractivity contribution is 0.170. The van der Waals surface area contributed by atoms with Crippen LogP contribution in [0.4, 0.5) is 0 Å². The average Bonchev–Trinajstić information content (AvgIpc) is 2.57. The first-order valence-electron chi connectivity index (χ1n) is 5.62. The lowest BCUT2D eigenvalue weighted by Gasteiger charge is -2.21. The predicted octanol–water partition coefficient (Wildman–Crippen LogP) is 2.54. The van der Waals surface area contributed by atoms with Crippen molar-refractivity contribution >= 4 is 11.3 Å². The maximum atomic E-state index is 5.65. The highest BCUT2D eigenvalue weighted by molar-refractivity contribution is 7.12. The van der Waals surface area contributed by atoms with Crippen molar-refractivity contribution in [1.82, 2.24) is 5.43 Å². The van der Waals surface area contributed by atoms with Crippen LogP contribution in [-0.4, -0.2) is 13.7 Å². The summed E-state index contributed by atoms with van der Waals surface area (Å²) in [5.41, 5.74) is 4.27. The minimum Gasteiger partial charge on any atom is -0.385 e. The zero-order chi connectivity index (χ0) is 12.1. The van der Waals surface area contributed by atoms with Gasteiger partial charge in [0.1, 0.15) is 0 Å². The first kappa shape index (κ1) is 13.6. The Morgan fingerprint density at radius 3 is 2.62 bits per heavy atom. The molecule has 0 aliphatic rings. The van der Waals surface area contributed by atoms with E-state index in [1.54, 1.807) is 7.11 Å². The topological polar surface area (TPSA) is 47.3 Å². The fraction of sp³-hybridized carbons (Fsp3) is 0.667. The average molecular weight is 242 g/mol. The molecule has 0 spiro atoms. The first-order chi connectivity index (χ1) is 7.60. The number of ether oxygens (including phenoxy) is 1. The first-order valence-corrected chi connectivity index (χ1v) is 6.43. The SMILES string of the molecule is COCCC(C)C(NN)c1cc(C)c(C)s1. The highest BCUT2D eigenvalue weighted by Crippen LogP contribution is 2.31. The van der Waals surface area contributed by atoms with Gasteiger partial charge in [-0.3, -0.25) is 11.3 Å². The smallest absolute Gasteiger partial charge is 0.0579 e. The largest absolute Gasteiger partial charge is 0.385 e. The Hall–Kier alpha value is -0.420. The molecule has 2 unspecified atom stereocenters. The van der Waals surface area contributed by atoms with Gasteiger partial charge in [-0.05, 0) is 37.8 Å². The molecule has 3 nitrogen and oxygen atoms in total. The summed E-state index contributed by atoms with van der Waals surface area (Å²) in [7, 11) is 1.73. The zero-order valence-corrected chi connectivity index (χ0v) is 11.4. The molecule has 0 bridgehead atoms. The molecule has 0 aromatic carbocycles. The van der Waals surface area contributed by atoms with Crippen LogP contribution in [0.3, 0.4) is 0 Å². The summed E-state index contributed by atoms with van der Waals surface area (Å²) in [6.45, 7) is 7.27. The lowest BCUT2D eigenvalue weighted by Crippen LogP contribution is -2.32. The van der Waals surface area contributed by atoms with Crippen LogP contribution in [0, 0.1) is 19.8 Å². The molecule has 1 aromatic heterocycles. The third-order valence-corrected chi connectivity index (χ3v) is 4.25. The summed E-state index contributed by atoms with van der Waals surface area (Å²) in [5.74, 6) is 6.13. The molecule has 1 rings (SSSR count).